The van der Waals surface area contributed by atoms with Crippen LogP contribution in [0.2, 0.25) is 0 Å². The average molecular weight is 758 g/mol. The Morgan fingerprint density at radius 1 is 0.481 bits per heavy atom. The van der Waals surface area contributed by atoms with Crippen LogP contribution in [0.25, 0.3) is 0 Å². The third-order valence-corrected chi connectivity index (χ3v) is 10.3. The number of hydrogen-bond acceptors (Lipinski definition) is 4. The fraction of sp³-hybridized carbons (Fsp3) is 0.812. The highest BCUT2D eigenvalue weighted by molar-refractivity contribution is 5.80. The lowest BCUT2D eigenvalue weighted by molar-refractivity contribution is -0.150. The lowest BCUT2D eigenvalue weighted by Crippen LogP contribution is -2.28. The molecular formula is C48H87NO5. The number of carboxylic acids is 1. The molecule has 0 saturated carbocycles. The Balaban J connectivity index is 4.01. The second kappa shape index (κ2) is 43.4. The molecule has 0 aliphatic heterocycles. The summed E-state index contributed by atoms with van der Waals surface area (Å²) in [5.74, 6) is -1.23. The van der Waals surface area contributed by atoms with Crippen molar-refractivity contribution < 1.29 is 24.2 Å². The number of amides is 1. The molecule has 0 aromatic heterocycles. The Labute approximate surface area is 334 Å². The van der Waals surface area contributed by atoms with Gasteiger partial charge in [-0.15, -0.1) is 0 Å². The van der Waals surface area contributed by atoms with Gasteiger partial charge in [0.1, 0.15) is 12.6 Å². The van der Waals surface area contributed by atoms with Crippen molar-refractivity contribution in [2.75, 3.05) is 6.54 Å². The van der Waals surface area contributed by atoms with E-state index in [2.05, 4.69) is 55.6 Å². The number of carbonyl (C=O) groups is 3. The van der Waals surface area contributed by atoms with Crippen LogP contribution in [0.4, 0.5) is 0 Å². The van der Waals surface area contributed by atoms with Crippen LogP contribution in [0.1, 0.15) is 239 Å². The lowest BCUT2D eigenvalue weighted by atomic mass is 10.0. The molecule has 0 fully saturated rings. The van der Waals surface area contributed by atoms with Gasteiger partial charge in [0.05, 0.1) is 0 Å². The number of ether oxygens (including phenoxy) is 1. The average Bonchev–Trinajstić information content (AvgIpc) is 3.16. The van der Waals surface area contributed by atoms with Crippen LogP contribution < -0.4 is 5.32 Å². The second-order valence-corrected chi connectivity index (χ2v) is 15.7. The first kappa shape index (κ1) is 51.6. The van der Waals surface area contributed by atoms with E-state index in [1.54, 1.807) is 0 Å². The summed E-state index contributed by atoms with van der Waals surface area (Å²) in [4.78, 5) is 35.0. The number of carboxylic acid groups (broad SMARTS) is 1. The van der Waals surface area contributed by atoms with Gasteiger partial charge in [-0.3, -0.25) is 14.4 Å². The van der Waals surface area contributed by atoms with E-state index in [-0.39, 0.29) is 24.5 Å². The lowest BCUT2D eigenvalue weighted by Gasteiger charge is -2.18. The number of nitrogens with one attached hydrogen (secondary N) is 1. The van der Waals surface area contributed by atoms with E-state index < -0.39 is 5.97 Å². The summed E-state index contributed by atoms with van der Waals surface area (Å²) in [5.41, 5.74) is 0. The minimum absolute atomic E-state index is 0.0211. The third-order valence-electron chi connectivity index (χ3n) is 10.3. The molecule has 0 saturated heterocycles. The molecule has 314 valence electrons. The van der Waals surface area contributed by atoms with Crippen molar-refractivity contribution in [1.82, 2.24) is 5.32 Å². The van der Waals surface area contributed by atoms with Crippen molar-refractivity contribution in [3.05, 3.63) is 36.5 Å². The summed E-state index contributed by atoms with van der Waals surface area (Å²) in [5, 5.41) is 11.1. The Morgan fingerprint density at radius 2 is 0.852 bits per heavy atom. The van der Waals surface area contributed by atoms with E-state index in [0.717, 1.165) is 77.0 Å². The number of hydrogen-bond donors (Lipinski definition) is 2. The van der Waals surface area contributed by atoms with E-state index in [1.807, 2.05) is 0 Å². The highest BCUT2D eigenvalue weighted by Crippen LogP contribution is 2.19. The van der Waals surface area contributed by atoms with Crippen molar-refractivity contribution in [1.29, 1.82) is 0 Å². The molecule has 0 aromatic rings. The SMILES string of the molecule is CCCCCCC/C=C\C/C=C\C/C=C\CCCCCCCCCCC(=O)OC(CCCCCCCCCCC)CCCCCCCC(=O)NCC(=O)O. The molecule has 0 spiro atoms. The first-order valence-electron chi connectivity index (χ1n) is 23.1. The largest absolute Gasteiger partial charge is 0.480 e. The number of esters is 1. The van der Waals surface area contributed by atoms with Crippen molar-refractivity contribution >= 4 is 17.8 Å². The fourth-order valence-corrected chi connectivity index (χ4v) is 6.88. The predicted molar refractivity (Wildman–Crippen MR) is 231 cm³/mol. The molecule has 0 aliphatic rings. The Bertz CT molecular complexity index is 926. The standard InChI is InChI=1S/C48H87NO5/c1-3-5-7-9-11-13-14-15-16-17-18-19-20-21-22-23-24-25-26-28-30-35-39-43-48(53)54-45(40-36-32-29-27-12-10-8-6-4-2)41-37-33-31-34-38-42-46(50)49-44-47(51)52/h14-15,17-18,20-21,45H,3-13,16,19,22-44H2,1-2H3,(H,49,50)(H,51,52)/b15-14-,18-17-,21-20-. The Hall–Kier alpha value is -2.37. The van der Waals surface area contributed by atoms with Crippen LogP contribution in [0, 0.1) is 0 Å². The van der Waals surface area contributed by atoms with Gasteiger partial charge in [0.25, 0.3) is 0 Å². The summed E-state index contributed by atoms with van der Waals surface area (Å²) >= 11 is 0. The minimum atomic E-state index is -1.02. The van der Waals surface area contributed by atoms with Crippen LogP contribution in [0.15, 0.2) is 36.5 Å². The summed E-state index contributed by atoms with van der Waals surface area (Å²) in [7, 11) is 0. The van der Waals surface area contributed by atoms with E-state index in [9.17, 15) is 14.4 Å². The molecule has 2 N–H and O–H groups in total. The van der Waals surface area contributed by atoms with Gasteiger partial charge in [-0.1, -0.05) is 185 Å². The van der Waals surface area contributed by atoms with Gasteiger partial charge in [-0.05, 0) is 77.0 Å². The molecule has 0 aromatic carbocycles. The number of unbranched alkanes of at least 4 members (excludes halogenated alkanes) is 25. The van der Waals surface area contributed by atoms with Crippen molar-refractivity contribution in [2.45, 2.75) is 245 Å². The van der Waals surface area contributed by atoms with Gasteiger partial charge in [0.2, 0.25) is 5.91 Å². The smallest absolute Gasteiger partial charge is 0.322 e. The minimum Gasteiger partial charge on any atom is -0.480 e. The fourth-order valence-electron chi connectivity index (χ4n) is 6.88. The monoisotopic (exact) mass is 758 g/mol. The second-order valence-electron chi connectivity index (χ2n) is 15.7. The number of aliphatic carboxylic acids is 1. The quantitative estimate of drug-likeness (QED) is 0.0367. The molecule has 6 heteroatoms. The molecule has 0 aliphatic carbocycles. The van der Waals surface area contributed by atoms with Gasteiger partial charge in [0.15, 0.2) is 0 Å². The number of rotatable bonds is 42. The van der Waals surface area contributed by atoms with Gasteiger partial charge < -0.3 is 15.2 Å². The number of carbonyl (C=O) groups excluding carboxylic acids is 2. The van der Waals surface area contributed by atoms with Crippen LogP contribution in [0.3, 0.4) is 0 Å². The molecule has 0 rings (SSSR count). The first-order chi connectivity index (χ1) is 26.5. The molecule has 0 bridgehead atoms. The molecule has 0 radical (unpaired) electrons. The van der Waals surface area contributed by atoms with Crippen LogP contribution in [0.5, 0.6) is 0 Å². The summed E-state index contributed by atoms with van der Waals surface area (Å²) < 4.78 is 6.03. The topological polar surface area (TPSA) is 92.7 Å². The summed E-state index contributed by atoms with van der Waals surface area (Å²) in [6.45, 7) is 4.22. The van der Waals surface area contributed by atoms with E-state index >= 15 is 0 Å². The van der Waals surface area contributed by atoms with Crippen molar-refractivity contribution in [3.8, 4) is 0 Å². The maximum absolute atomic E-state index is 12.8. The highest BCUT2D eigenvalue weighted by atomic mass is 16.5. The molecular weight excluding hydrogens is 671 g/mol. The molecule has 54 heavy (non-hydrogen) atoms. The maximum atomic E-state index is 12.8. The van der Waals surface area contributed by atoms with Crippen LogP contribution >= 0.6 is 0 Å². The van der Waals surface area contributed by atoms with Crippen LogP contribution in [-0.4, -0.2) is 35.6 Å². The predicted octanol–water partition coefficient (Wildman–Crippen LogP) is 14.5. The normalized spacial score (nSPS) is 12.3. The molecule has 1 amide bonds. The number of allylic oxidation sites excluding steroid dienone is 6. The van der Waals surface area contributed by atoms with Crippen LogP contribution in [-0.2, 0) is 19.1 Å². The molecule has 1 unspecified atom stereocenters. The highest BCUT2D eigenvalue weighted by Gasteiger charge is 2.14. The Kier molecular flexibility index (Phi) is 41.5. The van der Waals surface area contributed by atoms with Crippen molar-refractivity contribution in [2.24, 2.45) is 0 Å². The van der Waals surface area contributed by atoms with Gasteiger partial charge >= 0.3 is 11.9 Å². The van der Waals surface area contributed by atoms with E-state index in [4.69, 9.17) is 9.84 Å². The summed E-state index contributed by atoms with van der Waals surface area (Å²) in [6, 6.07) is 0. The van der Waals surface area contributed by atoms with Gasteiger partial charge in [0, 0.05) is 12.8 Å². The van der Waals surface area contributed by atoms with Crippen molar-refractivity contribution in [3.63, 3.8) is 0 Å². The maximum Gasteiger partial charge on any atom is 0.322 e. The zero-order chi connectivity index (χ0) is 39.4. The molecule has 0 heterocycles. The molecule has 6 nitrogen and oxygen atoms in total. The first-order valence-corrected chi connectivity index (χ1v) is 23.1. The van der Waals surface area contributed by atoms with Gasteiger partial charge in [-0.2, -0.15) is 0 Å². The third kappa shape index (κ3) is 42.4. The zero-order valence-corrected chi connectivity index (χ0v) is 35.6. The van der Waals surface area contributed by atoms with Gasteiger partial charge in [-0.25, -0.2) is 0 Å². The van der Waals surface area contributed by atoms with E-state index in [1.165, 1.54) is 135 Å². The van der Waals surface area contributed by atoms with E-state index in [0.29, 0.717) is 12.8 Å². The molecule has 1 atom stereocenters. The summed E-state index contributed by atoms with van der Waals surface area (Å²) in [6.07, 6.45) is 54.2. The Morgan fingerprint density at radius 3 is 1.30 bits per heavy atom. The zero-order valence-electron chi connectivity index (χ0n) is 35.6.